The first-order valence-corrected chi connectivity index (χ1v) is 6.62. The Bertz CT molecular complexity index is 532. The molecule has 19 heavy (non-hydrogen) atoms. The number of aryl methyl sites for hydroxylation is 2. The van der Waals surface area contributed by atoms with E-state index >= 15 is 0 Å². The topological polar surface area (TPSA) is 68.8 Å². The molecule has 0 bridgehead atoms. The fraction of sp³-hybridized carbons (Fsp3) is 0.429. The highest BCUT2D eigenvalue weighted by molar-refractivity contribution is 5.65. The van der Waals surface area contributed by atoms with Gasteiger partial charge in [-0.1, -0.05) is 6.92 Å². The van der Waals surface area contributed by atoms with Crippen LogP contribution in [0.15, 0.2) is 24.5 Å². The van der Waals surface area contributed by atoms with Gasteiger partial charge in [0.25, 0.3) is 0 Å². The summed E-state index contributed by atoms with van der Waals surface area (Å²) in [5, 5.41) is 7.91. The van der Waals surface area contributed by atoms with Crippen LogP contribution >= 0.6 is 0 Å². The van der Waals surface area contributed by atoms with Gasteiger partial charge >= 0.3 is 0 Å². The quantitative estimate of drug-likeness (QED) is 0.866. The summed E-state index contributed by atoms with van der Waals surface area (Å²) in [6, 6.07) is 4.17. The van der Waals surface area contributed by atoms with Crippen LogP contribution < -0.4 is 11.1 Å². The van der Waals surface area contributed by atoms with E-state index in [0.29, 0.717) is 0 Å². The molecule has 2 heterocycles. The Morgan fingerprint density at radius 1 is 1.37 bits per heavy atom. The maximum atomic E-state index is 6.10. The van der Waals surface area contributed by atoms with Crippen molar-refractivity contribution in [3.8, 4) is 0 Å². The Morgan fingerprint density at radius 2 is 2.05 bits per heavy atom. The van der Waals surface area contributed by atoms with E-state index in [1.807, 2.05) is 23.7 Å². The van der Waals surface area contributed by atoms with E-state index in [-0.39, 0.29) is 6.04 Å². The third kappa shape index (κ3) is 2.86. The predicted octanol–water partition coefficient (Wildman–Crippen LogP) is 2.75. The zero-order valence-corrected chi connectivity index (χ0v) is 11.7. The Labute approximate surface area is 113 Å². The lowest BCUT2D eigenvalue weighted by Crippen LogP contribution is -2.13. The molecule has 2 aromatic heterocycles. The van der Waals surface area contributed by atoms with Crippen LogP contribution in [0.2, 0.25) is 0 Å². The second-order valence-corrected chi connectivity index (χ2v) is 4.72. The third-order valence-corrected chi connectivity index (χ3v) is 3.17. The van der Waals surface area contributed by atoms with Crippen LogP contribution in [0, 0.1) is 6.92 Å². The van der Waals surface area contributed by atoms with Gasteiger partial charge in [0.1, 0.15) is 5.82 Å². The molecule has 0 spiro atoms. The Hall–Kier alpha value is -2.04. The van der Waals surface area contributed by atoms with Crippen molar-refractivity contribution in [1.82, 2.24) is 14.8 Å². The van der Waals surface area contributed by atoms with Gasteiger partial charge in [0.05, 0.1) is 17.4 Å². The van der Waals surface area contributed by atoms with Crippen molar-refractivity contribution in [3.63, 3.8) is 0 Å². The maximum Gasteiger partial charge on any atom is 0.148 e. The third-order valence-electron chi connectivity index (χ3n) is 3.17. The molecule has 0 aliphatic rings. The second-order valence-electron chi connectivity index (χ2n) is 4.72. The van der Waals surface area contributed by atoms with Crippen molar-refractivity contribution >= 4 is 11.5 Å². The number of rotatable bonds is 5. The summed E-state index contributed by atoms with van der Waals surface area (Å²) in [5.74, 6) is 0.906. The summed E-state index contributed by atoms with van der Waals surface area (Å²) in [7, 11) is 0. The van der Waals surface area contributed by atoms with E-state index in [4.69, 9.17) is 5.73 Å². The molecular weight excluding hydrogens is 238 g/mol. The predicted molar refractivity (Wildman–Crippen MR) is 77.9 cm³/mol. The van der Waals surface area contributed by atoms with Gasteiger partial charge in [0, 0.05) is 18.9 Å². The smallest absolute Gasteiger partial charge is 0.148 e. The summed E-state index contributed by atoms with van der Waals surface area (Å²) >= 11 is 0. The summed E-state index contributed by atoms with van der Waals surface area (Å²) in [4.78, 5) is 4.03. The first kappa shape index (κ1) is 13.4. The minimum atomic E-state index is 0.164. The largest absolute Gasteiger partial charge is 0.394 e. The van der Waals surface area contributed by atoms with Crippen molar-refractivity contribution in [2.45, 2.75) is 39.8 Å². The Kier molecular flexibility index (Phi) is 4.04. The number of aromatic nitrogens is 3. The molecule has 5 nitrogen and oxygen atoms in total. The van der Waals surface area contributed by atoms with Gasteiger partial charge in [0.15, 0.2) is 0 Å². The SMILES string of the molecule is CCCn1nc(C)c(N)c1NC(C)c1ccncc1. The molecule has 102 valence electrons. The number of pyridine rings is 1. The van der Waals surface area contributed by atoms with Crippen LogP contribution in [-0.4, -0.2) is 14.8 Å². The summed E-state index contributed by atoms with van der Waals surface area (Å²) < 4.78 is 1.95. The van der Waals surface area contributed by atoms with Crippen LogP contribution in [0.5, 0.6) is 0 Å². The standard InChI is InChI=1S/C14H21N5/c1-4-9-19-14(13(15)11(3)18-19)17-10(2)12-5-7-16-8-6-12/h5-8,10,17H,4,9,15H2,1-3H3. The van der Waals surface area contributed by atoms with Crippen molar-refractivity contribution in [2.24, 2.45) is 0 Å². The maximum absolute atomic E-state index is 6.10. The van der Waals surface area contributed by atoms with Crippen LogP contribution in [0.1, 0.15) is 37.6 Å². The first-order chi connectivity index (χ1) is 9.13. The van der Waals surface area contributed by atoms with E-state index in [1.165, 1.54) is 5.56 Å². The molecule has 5 heteroatoms. The second kappa shape index (κ2) is 5.73. The molecular formula is C14H21N5. The van der Waals surface area contributed by atoms with Gasteiger partial charge in [-0.25, -0.2) is 4.68 Å². The first-order valence-electron chi connectivity index (χ1n) is 6.62. The van der Waals surface area contributed by atoms with Crippen LogP contribution in [0.25, 0.3) is 0 Å². The van der Waals surface area contributed by atoms with Gasteiger partial charge in [-0.15, -0.1) is 0 Å². The van der Waals surface area contributed by atoms with Gasteiger partial charge in [-0.05, 0) is 38.0 Å². The number of hydrogen-bond donors (Lipinski definition) is 2. The van der Waals surface area contributed by atoms with E-state index < -0.39 is 0 Å². The Balaban J connectivity index is 2.23. The fourth-order valence-corrected chi connectivity index (χ4v) is 2.06. The van der Waals surface area contributed by atoms with Crippen molar-refractivity contribution < 1.29 is 0 Å². The highest BCUT2D eigenvalue weighted by Crippen LogP contribution is 2.26. The monoisotopic (exact) mass is 259 g/mol. The summed E-state index contributed by atoms with van der Waals surface area (Å²) in [5.41, 5.74) is 8.88. The summed E-state index contributed by atoms with van der Waals surface area (Å²) in [6.07, 6.45) is 4.62. The van der Waals surface area contributed by atoms with Crippen molar-refractivity contribution in [1.29, 1.82) is 0 Å². The molecule has 2 aromatic rings. The van der Waals surface area contributed by atoms with Crippen LogP contribution in [0.4, 0.5) is 11.5 Å². The average Bonchev–Trinajstić information content (AvgIpc) is 2.68. The lowest BCUT2D eigenvalue weighted by molar-refractivity contribution is 0.599. The molecule has 0 amide bonds. The van der Waals surface area contributed by atoms with E-state index in [0.717, 1.165) is 30.2 Å². The summed E-state index contributed by atoms with van der Waals surface area (Å²) in [6.45, 7) is 7.03. The van der Waals surface area contributed by atoms with Gasteiger partial charge in [-0.2, -0.15) is 5.10 Å². The van der Waals surface area contributed by atoms with E-state index in [9.17, 15) is 0 Å². The van der Waals surface area contributed by atoms with E-state index in [2.05, 4.69) is 29.2 Å². The molecule has 3 N–H and O–H groups in total. The number of anilines is 2. The van der Waals surface area contributed by atoms with Gasteiger partial charge < -0.3 is 11.1 Å². The highest BCUT2D eigenvalue weighted by atomic mass is 15.3. The zero-order valence-electron chi connectivity index (χ0n) is 11.7. The van der Waals surface area contributed by atoms with Crippen molar-refractivity contribution in [3.05, 3.63) is 35.8 Å². The van der Waals surface area contributed by atoms with Crippen molar-refractivity contribution in [2.75, 3.05) is 11.1 Å². The molecule has 2 rings (SSSR count). The molecule has 0 aromatic carbocycles. The highest BCUT2D eigenvalue weighted by Gasteiger charge is 2.14. The van der Waals surface area contributed by atoms with Crippen LogP contribution in [-0.2, 0) is 6.54 Å². The molecule has 0 saturated carbocycles. The molecule has 0 fully saturated rings. The Morgan fingerprint density at radius 3 is 2.68 bits per heavy atom. The minimum Gasteiger partial charge on any atom is -0.394 e. The lowest BCUT2D eigenvalue weighted by Gasteiger charge is -2.17. The molecule has 1 unspecified atom stereocenters. The number of nitrogens with two attached hydrogens (primary N) is 1. The number of hydrogen-bond acceptors (Lipinski definition) is 4. The van der Waals surface area contributed by atoms with Gasteiger partial charge in [0.2, 0.25) is 0 Å². The number of nitrogen functional groups attached to an aromatic ring is 1. The molecule has 0 saturated heterocycles. The molecule has 0 aliphatic carbocycles. The molecule has 0 aliphatic heterocycles. The number of nitrogens with one attached hydrogen (secondary N) is 1. The normalized spacial score (nSPS) is 12.4. The minimum absolute atomic E-state index is 0.164. The zero-order chi connectivity index (χ0) is 13.8. The lowest BCUT2D eigenvalue weighted by atomic mass is 10.1. The molecule has 0 radical (unpaired) electrons. The average molecular weight is 259 g/mol. The fourth-order valence-electron chi connectivity index (χ4n) is 2.06. The molecule has 1 atom stereocenters. The number of nitrogens with zero attached hydrogens (tertiary/aromatic N) is 3. The van der Waals surface area contributed by atoms with Gasteiger partial charge in [-0.3, -0.25) is 4.98 Å². The van der Waals surface area contributed by atoms with Crippen LogP contribution in [0.3, 0.4) is 0 Å². The van der Waals surface area contributed by atoms with E-state index in [1.54, 1.807) is 12.4 Å².